The molecule has 1 N–H and O–H groups in total. The fourth-order valence-corrected chi connectivity index (χ4v) is 3.84. The number of nitrogens with zero attached hydrogens (tertiary/aromatic N) is 2. The minimum absolute atomic E-state index is 0.261. The second kappa shape index (κ2) is 7.00. The number of ether oxygens (including phenoxy) is 1. The van der Waals surface area contributed by atoms with E-state index in [1.807, 2.05) is 64.0 Å². The van der Waals surface area contributed by atoms with E-state index in [-0.39, 0.29) is 4.92 Å². The van der Waals surface area contributed by atoms with E-state index in [0.29, 0.717) is 0 Å². The number of hydrogen-bond donors (Lipinski definition) is 1. The van der Waals surface area contributed by atoms with E-state index in [2.05, 4.69) is 5.32 Å². The summed E-state index contributed by atoms with van der Waals surface area (Å²) in [5.74, 6) is -0.952. The van der Waals surface area contributed by atoms with Gasteiger partial charge in [-0.15, -0.1) is 0 Å². The van der Waals surface area contributed by atoms with Crippen LogP contribution in [-0.2, 0) is 9.53 Å². The van der Waals surface area contributed by atoms with Gasteiger partial charge < -0.3 is 9.64 Å². The van der Waals surface area contributed by atoms with Crippen LogP contribution in [0.25, 0.3) is 0 Å². The summed E-state index contributed by atoms with van der Waals surface area (Å²) in [4.78, 5) is 26.0. The lowest BCUT2D eigenvalue weighted by Crippen LogP contribution is -2.45. The molecule has 138 valence electrons. The van der Waals surface area contributed by atoms with E-state index in [4.69, 9.17) is 4.74 Å². The average molecular weight is 349 g/mol. The predicted molar refractivity (Wildman–Crippen MR) is 96.2 cm³/mol. The molecular formula is C18H27N3O4. The molecule has 1 aromatic rings. The second-order valence-electron chi connectivity index (χ2n) is 7.77. The predicted octanol–water partition coefficient (Wildman–Crippen LogP) is 2.25. The molecule has 0 saturated carbocycles. The molecule has 0 amide bonds. The van der Waals surface area contributed by atoms with Crippen molar-refractivity contribution in [2.45, 2.75) is 38.9 Å². The number of methoxy groups -OCH3 is 1. The van der Waals surface area contributed by atoms with E-state index in [1.165, 1.54) is 7.11 Å². The summed E-state index contributed by atoms with van der Waals surface area (Å²) in [6, 6.07) is 5.34. The molecule has 1 saturated heterocycles. The van der Waals surface area contributed by atoms with Crippen molar-refractivity contribution in [2.75, 3.05) is 26.1 Å². The molecule has 7 nitrogen and oxygen atoms in total. The standard InChI is InChI=1S/C18H27N3O4/c1-18(2,3)13-15(17(22)25-6)19-14(16(13)21(23)24)11-9-7-8-10-12(11)20(4)5/h7-10,13-16,19H,1-6H3. The number of anilines is 1. The lowest BCUT2D eigenvalue weighted by atomic mass is 9.72. The second-order valence-corrected chi connectivity index (χ2v) is 7.77. The summed E-state index contributed by atoms with van der Waals surface area (Å²) < 4.78 is 4.92. The van der Waals surface area contributed by atoms with E-state index >= 15 is 0 Å². The maximum Gasteiger partial charge on any atom is 0.323 e. The summed E-state index contributed by atoms with van der Waals surface area (Å²) in [5, 5.41) is 15.2. The number of benzene rings is 1. The van der Waals surface area contributed by atoms with Crippen molar-refractivity contribution in [1.82, 2.24) is 5.32 Å². The molecule has 4 unspecified atom stereocenters. The van der Waals surface area contributed by atoms with Gasteiger partial charge in [0.05, 0.1) is 13.0 Å². The van der Waals surface area contributed by atoms with Gasteiger partial charge in [-0.05, 0) is 17.0 Å². The Hall–Kier alpha value is -2.15. The van der Waals surface area contributed by atoms with Crippen LogP contribution in [0.2, 0.25) is 0 Å². The summed E-state index contributed by atoms with van der Waals surface area (Å²) in [5.41, 5.74) is 1.27. The largest absolute Gasteiger partial charge is 0.468 e. The molecule has 1 heterocycles. The van der Waals surface area contributed by atoms with Crippen molar-refractivity contribution in [2.24, 2.45) is 11.3 Å². The molecule has 0 radical (unpaired) electrons. The van der Waals surface area contributed by atoms with Gasteiger partial charge in [0.2, 0.25) is 6.04 Å². The molecule has 0 bridgehead atoms. The first kappa shape index (κ1) is 19.2. The van der Waals surface area contributed by atoms with E-state index in [9.17, 15) is 14.9 Å². The average Bonchev–Trinajstić information content (AvgIpc) is 2.94. The van der Waals surface area contributed by atoms with Gasteiger partial charge in [-0.25, -0.2) is 0 Å². The highest BCUT2D eigenvalue weighted by Gasteiger charge is 2.58. The molecule has 0 spiro atoms. The Bertz CT molecular complexity index is 654. The molecule has 7 heteroatoms. The first-order chi connectivity index (χ1) is 11.6. The molecule has 4 atom stereocenters. The summed E-state index contributed by atoms with van der Waals surface area (Å²) in [7, 11) is 5.11. The Labute approximate surface area is 148 Å². The van der Waals surface area contributed by atoms with Crippen molar-refractivity contribution in [3.8, 4) is 0 Å². The summed E-state index contributed by atoms with van der Waals surface area (Å²) in [6.07, 6.45) is 0. The van der Waals surface area contributed by atoms with Crippen LogP contribution in [0.15, 0.2) is 24.3 Å². The quantitative estimate of drug-likeness (QED) is 0.510. The highest BCUT2D eigenvalue weighted by molar-refractivity contribution is 5.77. The third-order valence-corrected chi connectivity index (χ3v) is 4.88. The molecule has 1 aliphatic heterocycles. The van der Waals surface area contributed by atoms with E-state index in [1.54, 1.807) is 0 Å². The number of nitrogens with one attached hydrogen (secondary N) is 1. The molecule has 1 aromatic carbocycles. The molecule has 0 aliphatic carbocycles. The minimum atomic E-state index is -0.926. The third kappa shape index (κ3) is 3.61. The number of hydrogen-bond acceptors (Lipinski definition) is 6. The van der Waals surface area contributed by atoms with Gasteiger partial charge in [0.25, 0.3) is 0 Å². The Kier molecular flexibility index (Phi) is 5.37. The van der Waals surface area contributed by atoms with Crippen molar-refractivity contribution in [3.05, 3.63) is 39.9 Å². The van der Waals surface area contributed by atoms with Crippen LogP contribution < -0.4 is 10.2 Å². The van der Waals surface area contributed by atoms with Crippen LogP contribution >= 0.6 is 0 Å². The first-order valence-electron chi connectivity index (χ1n) is 8.33. The van der Waals surface area contributed by atoms with Crippen molar-refractivity contribution >= 4 is 11.7 Å². The molecule has 2 rings (SSSR count). The molecule has 1 fully saturated rings. The number of nitro groups is 1. The Morgan fingerprint density at radius 1 is 1.28 bits per heavy atom. The number of carbonyl (C=O) groups excluding carboxylic acids is 1. The highest BCUT2D eigenvalue weighted by atomic mass is 16.6. The van der Waals surface area contributed by atoms with Gasteiger partial charge >= 0.3 is 5.97 Å². The van der Waals surface area contributed by atoms with Crippen LogP contribution in [0.5, 0.6) is 0 Å². The Morgan fingerprint density at radius 3 is 2.36 bits per heavy atom. The fraction of sp³-hybridized carbons (Fsp3) is 0.611. The Morgan fingerprint density at radius 2 is 1.88 bits per heavy atom. The maximum absolute atomic E-state index is 12.3. The number of rotatable bonds is 4. The zero-order chi connectivity index (χ0) is 18.9. The van der Waals surface area contributed by atoms with Crippen molar-refractivity contribution in [1.29, 1.82) is 0 Å². The normalized spacial score (nSPS) is 26.3. The summed E-state index contributed by atoms with van der Waals surface area (Å²) in [6.45, 7) is 5.77. The van der Waals surface area contributed by atoms with Crippen molar-refractivity contribution in [3.63, 3.8) is 0 Å². The fourth-order valence-electron chi connectivity index (χ4n) is 3.84. The lowest BCUT2D eigenvalue weighted by Gasteiger charge is -2.31. The smallest absolute Gasteiger partial charge is 0.323 e. The van der Waals surface area contributed by atoms with Crippen molar-refractivity contribution < 1.29 is 14.5 Å². The number of esters is 1. The zero-order valence-corrected chi connectivity index (χ0v) is 15.6. The molecular weight excluding hydrogens is 322 g/mol. The van der Waals surface area contributed by atoms with Crippen LogP contribution in [0.4, 0.5) is 5.69 Å². The van der Waals surface area contributed by atoms with Gasteiger partial charge in [0.1, 0.15) is 12.1 Å². The SMILES string of the molecule is COC(=O)C1NC(c2ccccc2N(C)C)C([N+](=O)[O-])C1C(C)(C)C. The van der Waals surface area contributed by atoms with E-state index in [0.717, 1.165) is 11.3 Å². The Balaban J connectivity index is 2.58. The first-order valence-corrected chi connectivity index (χ1v) is 8.33. The van der Waals surface area contributed by atoms with Crippen LogP contribution in [0, 0.1) is 21.4 Å². The summed E-state index contributed by atoms with van der Waals surface area (Å²) >= 11 is 0. The van der Waals surface area contributed by atoms with Gasteiger partial charge in [-0.1, -0.05) is 39.0 Å². The zero-order valence-electron chi connectivity index (χ0n) is 15.6. The molecule has 0 aromatic heterocycles. The highest BCUT2D eigenvalue weighted by Crippen LogP contribution is 2.45. The van der Waals surface area contributed by atoms with Gasteiger partial charge in [0, 0.05) is 24.7 Å². The van der Waals surface area contributed by atoms with Gasteiger partial charge in [-0.2, -0.15) is 0 Å². The molecule has 25 heavy (non-hydrogen) atoms. The van der Waals surface area contributed by atoms with E-state index < -0.39 is 35.4 Å². The van der Waals surface area contributed by atoms with Gasteiger partial charge in [0.15, 0.2) is 0 Å². The number of carbonyl (C=O) groups is 1. The van der Waals surface area contributed by atoms with Crippen LogP contribution in [0.3, 0.4) is 0 Å². The minimum Gasteiger partial charge on any atom is -0.468 e. The lowest BCUT2D eigenvalue weighted by molar-refractivity contribution is -0.535. The third-order valence-electron chi connectivity index (χ3n) is 4.88. The topological polar surface area (TPSA) is 84.7 Å². The monoisotopic (exact) mass is 349 g/mol. The van der Waals surface area contributed by atoms with Gasteiger partial charge in [-0.3, -0.25) is 20.2 Å². The van der Waals surface area contributed by atoms with Crippen LogP contribution in [0.1, 0.15) is 32.4 Å². The number of para-hydroxylation sites is 1. The maximum atomic E-state index is 12.3. The molecule has 1 aliphatic rings. The van der Waals surface area contributed by atoms with Crippen LogP contribution in [-0.4, -0.2) is 44.2 Å².